The summed E-state index contributed by atoms with van der Waals surface area (Å²) in [6, 6.07) is 26.0. The molecule has 0 unspecified atom stereocenters. The predicted octanol–water partition coefficient (Wildman–Crippen LogP) is 3.78. The lowest BCUT2D eigenvalue weighted by Gasteiger charge is -2.37. The molecule has 1 aliphatic rings. The molecule has 0 bridgehead atoms. The van der Waals surface area contributed by atoms with Gasteiger partial charge in [-0.3, -0.25) is 4.57 Å². The van der Waals surface area contributed by atoms with Crippen molar-refractivity contribution in [1.82, 2.24) is 9.55 Å². The molecule has 1 fully saturated rings. The van der Waals surface area contributed by atoms with Gasteiger partial charge in [0.2, 0.25) is 0 Å². The van der Waals surface area contributed by atoms with Gasteiger partial charge in [0.25, 0.3) is 0 Å². The number of aliphatic hydroxyl groups is 2. The van der Waals surface area contributed by atoms with E-state index in [1.54, 1.807) is 19.2 Å². The lowest BCUT2D eigenvalue weighted by molar-refractivity contribution is -0.138. The van der Waals surface area contributed by atoms with E-state index < -0.39 is 48.3 Å². The van der Waals surface area contributed by atoms with Crippen LogP contribution in [0.25, 0.3) is 0 Å². The maximum absolute atomic E-state index is 15.8. The molecule has 208 valence electrons. The zero-order valence-corrected chi connectivity index (χ0v) is 21.7. The molecule has 0 radical (unpaired) electrons. The fourth-order valence-electron chi connectivity index (χ4n) is 5.13. The minimum absolute atomic E-state index is 0.220. The van der Waals surface area contributed by atoms with E-state index >= 15 is 4.39 Å². The summed E-state index contributed by atoms with van der Waals surface area (Å²) in [7, 11) is 1.56. The SMILES string of the molecule is COc1ccc(C(Nc2nc(=O)n([C@H]3C[C@H](O)[C@](CO)(CF)O3)cc2F)(c2ccccc2)c2ccccc2)cc1. The van der Waals surface area contributed by atoms with E-state index in [2.05, 4.69) is 10.3 Å². The van der Waals surface area contributed by atoms with Gasteiger partial charge in [0, 0.05) is 6.42 Å². The molecule has 2 heterocycles. The highest BCUT2D eigenvalue weighted by atomic mass is 19.1. The highest BCUT2D eigenvalue weighted by Gasteiger charge is 2.49. The molecule has 5 rings (SSSR count). The second-order valence-corrected chi connectivity index (χ2v) is 9.64. The van der Waals surface area contributed by atoms with Crippen molar-refractivity contribution < 1.29 is 28.5 Å². The van der Waals surface area contributed by atoms with E-state index in [0.717, 1.165) is 27.5 Å². The Balaban J connectivity index is 1.64. The van der Waals surface area contributed by atoms with Crippen LogP contribution in [0.1, 0.15) is 29.3 Å². The molecule has 8 nitrogen and oxygen atoms in total. The minimum Gasteiger partial charge on any atom is -0.497 e. The van der Waals surface area contributed by atoms with Gasteiger partial charge in [-0.1, -0.05) is 72.8 Å². The van der Waals surface area contributed by atoms with Gasteiger partial charge in [0.15, 0.2) is 11.6 Å². The van der Waals surface area contributed by atoms with E-state index in [9.17, 15) is 19.4 Å². The van der Waals surface area contributed by atoms with Crippen molar-refractivity contribution in [3.63, 3.8) is 0 Å². The summed E-state index contributed by atoms with van der Waals surface area (Å²) < 4.78 is 41.1. The Kier molecular flexibility index (Phi) is 7.66. The quantitative estimate of drug-likeness (QED) is 0.273. The van der Waals surface area contributed by atoms with Crippen molar-refractivity contribution in [3.8, 4) is 5.75 Å². The molecule has 1 saturated heterocycles. The minimum atomic E-state index is -1.89. The number of aromatic nitrogens is 2. The maximum Gasteiger partial charge on any atom is 0.351 e. The molecule has 0 aliphatic carbocycles. The lowest BCUT2D eigenvalue weighted by atomic mass is 9.77. The summed E-state index contributed by atoms with van der Waals surface area (Å²) in [5.41, 5.74) is -1.69. The van der Waals surface area contributed by atoms with Crippen LogP contribution in [-0.4, -0.2) is 51.9 Å². The van der Waals surface area contributed by atoms with Gasteiger partial charge >= 0.3 is 5.69 Å². The molecule has 0 amide bonds. The molecule has 0 spiro atoms. The van der Waals surface area contributed by atoms with Gasteiger partial charge in [-0.05, 0) is 28.8 Å². The molecular weight excluding hydrogens is 520 g/mol. The van der Waals surface area contributed by atoms with Gasteiger partial charge in [-0.15, -0.1) is 0 Å². The second kappa shape index (κ2) is 11.2. The normalized spacial score (nSPS) is 20.8. The van der Waals surface area contributed by atoms with Crippen molar-refractivity contribution in [2.24, 2.45) is 0 Å². The van der Waals surface area contributed by atoms with Gasteiger partial charge < -0.3 is 25.0 Å². The zero-order valence-electron chi connectivity index (χ0n) is 21.7. The van der Waals surface area contributed by atoms with Crippen molar-refractivity contribution in [3.05, 3.63) is 124 Å². The summed E-state index contributed by atoms with van der Waals surface area (Å²) in [6.07, 6.45) is -1.91. The topological polar surface area (TPSA) is 106 Å². The smallest absolute Gasteiger partial charge is 0.351 e. The van der Waals surface area contributed by atoms with Crippen LogP contribution in [0, 0.1) is 5.82 Å². The van der Waals surface area contributed by atoms with Crippen molar-refractivity contribution in [2.75, 3.05) is 25.7 Å². The number of nitrogens with zero attached hydrogens (tertiary/aromatic N) is 2. The van der Waals surface area contributed by atoms with Crippen molar-refractivity contribution in [2.45, 2.75) is 29.9 Å². The highest BCUT2D eigenvalue weighted by Crippen LogP contribution is 2.41. The number of anilines is 1. The van der Waals surface area contributed by atoms with Crippen molar-refractivity contribution in [1.29, 1.82) is 0 Å². The summed E-state index contributed by atoms with van der Waals surface area (Å²) >= 11 is 0. The molecule has 1 aliphatic heterocycles. The first-order chi connectivity index (χ1) is 19.4. The summed E-state index contributed by atoms with van der Waals surface area (Å²) in [5.74, 6) is -0.553. The van der Waals surface area contributed by atoms with Crippen LogP contribution < -0.4 is 15.7 Å². The van der Waals surface area contributed by atoms with E-state index in [4.69, 9.17) is 9.47 Å². The highest BCUT2D eigenvalue weighted by molar-refractivity contribution is 5.58. The second-order valence-electron chi connectivity index (χ2n) is 9.64. The van der Waals surface area contributed by atoms with Gasteiger partial charge in [0.05, 0.1) is 26.0 Å². The maximum atomic E-state index is 15.8. The molecule has 3 aromatic carbocycles. The molecule has 1 aromatic heterocycles. The zero-order chi connectivity index (χ0) is 28.3. The van der Waals surface area contributed by atoms with Crippen molar-refractivity contribution >= 4 is 5.82 Å². The Morgan fingerprint density at radius 3 is 2.12 bits per heavy atom. The Morgan fingerprint density at radius 1 is 1.05 bits per heavy atom. The monoisotopic (exact) mass is 549 g/mol. The molecule has 0 saturated carbocycles. The average Bonchev–Trinajstić information content (AvgIpc) is 3.34. The fourth-order valence-corrected chi connectivity index (χ4v) is 5.13. The third-order valence-electron chi connectivity index (χ3n) is 7.36. The summed E-state index contributed by atoms with van der Waals surface area (Å²) in [4.78, 5) is 17.2. The first-order valence-electron chi connectivity index (χ1n) is 12.7. The van der Waals surface area contributed by atoms with Crippen LogP contribution in [0.5, 0.6) is 5.75 Å². The van der Waals surface area contributed by atoms with E-state index in [1.165, 1.54) is 0 Å². The third kappa shape index (κ3) is 4.74. The van der Waals surface area contributed by atoms with Gasteiger partial charge in [-0.2, -0.15) is 4.98 Å². The molecule has 3 atom stereocenters. The predicted molar refractivity (Wildman–Crippen MR) is 144 cm³/mol. The lowest BCUT2D eigenvalue weighted by Crippen LogP contribution is -2.45. The summed E-state index contributed by atoms with van der Waals surface area (Å²) in [5, 5.41) is 23.1. The van der Waals surface area contributed by atoms with Crippen LogP contribution in [0.4, 0.5) is 14.6 Å². The Bertz CT molecular complexity index is 1460. The first-order valence-corrected chi connectivity index (χ1v) is 12.7. The number of nitrogens with one attached hydrogen (secondary N) is 1. The number of methoxy groups -OCH3 is 1. The van der Waals surface area contributed by atoms with Crippen LogP contribution >= 0.6 is 0 Å². The molecule has 4 aromatic rings. The van der Waals surface area contributed by atoms with Gasteiger partial charge in [0.1, 0.15) is 29.8 Å². The number of ether oxygens (including phenoxy) is 2. The van der Waals surface area contributed by atoms with Gasteiger partial charge in [-0.25, -0.2) is 13.6 Å². The number of alkyl halides is 1. The Morgan fingerprint density at radius 2 is 1.62 bits per heavy atom. The molecule has 3 N–H and O–H groups in total. The summed E-state index contributed by atoms with van der Waals surface area (Å²) in [6.45, 7) is -1.98. The standard InChI is InChI=1S/C30H29F2N3O5/c1-39-23-14-12-22(13-15-23)30(20-8-4-2-5-9-20,21-10-6-3-7-11-21)34-27-24(32)17-35(28(38)33-27)26-16-25(37)29(18-31,19-36)40-26/h2-15,17,25-26,36-37H,16,18-19H2,1H3,(H,33,34,38)/t25-,26+,29+/m0/s1. The number of halogens is 2. The van der Waals surface area contributed by atoms with E-state index in [0.29, 0.717) is 5.75 Å². The number of hydrogen-bond acceptors (Lipinski definition) is 7. The first kappa shape index (κ1) is 27.4. The molecule has 10 heteroatoms. The van der Waals surface area contributed by atoms with Crippen LogP contribution in [0.3, 0.4) is 0 Å². The Labute approximate surface area is 229 Å². The number of rotatable bonds is 9. The van der Waals surface area contributed by atoms with Crippen LogP contribution in [0.15, 0.2) is 95.9 Å². The fraction of sp³-hybridized carbons (Fsp3) is 0.267. The molecule has 40 heavy (non-hydrogen) atoms. The third-order valence-corrected chi connectivity index (χ3v) is 7.36. The number of aliphatic hydroxyl groups excluding tert-OH is 2. The largest absolute Gasteiger partial charge is 0.497 e. The van der Waals surface area contributed by atoms with Crippen LogP contribution in [-0.2, 0) is 10.3 Å². The van der Waals surface area contributed by atoms with E-state index in [-0.39, 0.29) is 12.2 Å². The Hall–Kier alpha value is -4.12. The molecular formula is C30H29F2N3O5. The van der Waals surface area contributed by atoms with E-state index in [1.807, 2.05) is 72.8 Å². The number of hydrogen-bond donors (Lipinski definition) is 3. The number of benzene rings is 3. The average molecular weight is 550 g/mol. The van der Waals surface area contributed by atoms with Crippen LogP contribution in [0.2, 0.25) is 0 Å².